The first-order valence-corrected chi connectivity index (χ1v) is 23.1. The van der Waals surface area contributed by atoms with Gasteiger partial charge in [-0.25, -0.2) is 4.79 Å². The van der Waals surface area contributed by atoms with Crippen LogP contribution in [-0.4, -0.2) is 22.6 Å². The summed E-state index contributed by atoms with van der Waals surface area (Å²) < 4.78 is 0. The molecule has 0 spiro atoms. The van der Waals surface area contributed by atoms with Crippen molar-refractivity contribution in [2.24, 2.45) is 0 Å². The van der Waals surface area contributed by atoms with Crippen LogP contribution in [-0.2, 0) is 4.79 Å². The van der Waals surface area contributed by atoms with Crippen molar-refractivity contribution in [1.82, 2.24) is 0 Å². The van der Waals surface area contributed by atoms with Crippen LogP contribution in [0.3, 0.4) is 0 Å². The second kappa shape index (κ2) is 17.4. The van der Waals surface area contributed by atoms with Gasteiger partial charge in [-0.2, -0.15) is 5.26 Å². The van der Waals surface area contributed by atoms with Crippen molar-refractivity contribution in [1.29, 1.82) is 5.26 Å². The molecule has 4 heterocycles. The van der Waals surface area contributed by atoms with Crippen LogP contribution in [0.15, 0.2) is 108 Å². The van der Waals surface area contributed by atoms with Gasteiger partial charge in [-0.05, 0) is 109 Å². The second-order valence-corrected chi connectivity index (χ2v) is 19.5. The summed E-state index contributed by atoms with van der Waals surface area (Å²) in [5.74, 6) is 1.10. The minimum atomic E-state index is -1.21. The molecule has 2 aliphatic heterocycles. The van der Waals surface area contributed by atoms with Crippen molar-refractivity contribution >= 4 is 98.8 Å². The molecule has 266 valence electrons. The zero-order chi connectivity index (χ0) is 36.0. The molecule has 2 aliphatic rings. The van der Waals surface area contributed by atoms with Crippen molar-refractivity contribution in [2.45, 2.75) is 94.6 Å². The summed E-state index contributed by atoms with van der Waals surface area (Å²) in [6, 6.07) is 28.8. The third-order valence-corrected chi connectivity index (χ3v) is 15.7. The number of benzene rings is 3. The lowest BCUT2D eigenvalue weighted by molar-refractivity contribution is -0.132. The van der Waals surface area contributed by atoms with Crippen molar-refractivity contribution in [3.8, 4) is 26.3 Å². The van der Waals surface area contributed by atoms with Crippen LogP contribution in [0.2, 0.25) is 0 Å². The molecule has 4 nitrogen and oxygen atoms in total. The van der Waals surface area contributed by atoms with E-state index in [2.05, 4.69) is 79.4 Å². The molecule has 1 N–H and O–H groups in total. The van der Waals surface area contributed by atoms with Crippen molar-refractivity contribution in [2.75, 3.05) is 16.4 Å². The summed E-state index contributed by atoms with van der Waals surface area (Å²) in [5, 5.41) is 18.5. The molecule has 7 rings (SSSR count). The number of carboxylic acids is 1. The Morgan fingerprint density at radius 1 is 0.712 bits per heavy atom. The van der Waals surface area contributed by atoms with Gasteiger partial charge in [0.05, 0.1) is 17.1 Å². The van der Waals surface area contributed by atoms with Gasteiger partial charge >= 0.3 is 5.97 Å². The first-order valence-electron chi connectivity index (χ1n) is 17.9. The van der Waals surface area contributed by atoms with Gasteiger partial charge in [0.1, 0.15) is 11.6 Å². The fourth-order valence-corrected chi connectivity index (χ4v) is 12.8. The Morgan fingerprint density at radius 2 is 1.27 bits per heavy atom. The zero-order valence-corrected chi connectivity index (χ0v) is 34.2. The standard InChI is InChI=1S/C42H40N2O2S6/c1-3-5-7-9-19-47-29-11-14-32-37(24-29)51-39-22-27(34-17-18-36(50-34)35-16-13-31(49-35)21-28(26-43)42(45)46)23-40-41(39)44(32)33-15-12-30(25-38(33)52-40)48-20-10-8-6-4-2/h11-18,21-25H,3-10,19-20H2,1-2H3,(H,45,46)/b28-21-. The van der Waals surface area contributed by atoms with Gasteiger partial charge in [-0.3, -0.25) is 0 Å². The largest absolute Gasteiger partial charge is 0.477 e. The van der Waals surface area contributed by atoms with Gasteiger partial charge in [-0.15, -0.1) is 46.2 Å². The number of fused-ring (bicyclic) bond motifs is 4. The highest BCUT2D eigenvalue weighted by Gasteiger charge is 2.34. The summed E-state index contributed by atoms with van der Waals surface area (Å²) in [6.07, 6.45) is 11.7. The number of carbonyl (C=O) groups is 1. The topological polar surface area (TPSA) is 64.3 Å². The fraction of sp³-hybridized carbons (Fsp3) is 0.286. The van der Waals surface area contributed by atoms with E-state index in [0.717, 1.165) is 26.1 Å². The van der Waals surface area contributed by atoms with Crippen molar-refractivity contribution < 1.29 is 9.90 Å². The van der Waals surface area contributed by atoms with Gasteiger partial charge in [0.2, 0.25) is 0 Å². The molecule has 0 saturated carbocycles. The molecule has 0 atom stereocenters. The predicted octanol–water partition coefficient (Wildman–Crippen LogP) is 14.9. The Bertz CT molecular complexity index is 2070. The Labute approximate surface area is 332 Å². The van der Waals surface area contributed by atoms with Crippen LogP contribution in [0.4, 0.5) is 17.1 Å². The number of carboxylic acid groups (broad SMARTS) is 1. The lowest BCUT2D eigenvalue weighted by Crippen LogP contribution is -2.19. The van der Waals surface area contributed by atoms with E-state index in [1.54, 1.807) is 17.4 Å². The normalized spacial score (nSPS) is 13.0. The molecular weight excluding hydrogens is 757 g/mol. The van der Waals surface area contributed by atoms with Crippen LogP contribution < -0.4 is 4.90 Å². The molecule has 0 aliphatic carbocycles. The molecule has 5 aromatic rings. The van der Waals surface area contributed by atoms with E-state index < -0.39 is 5.97 Å². The number of aliphatic carboxylic acids is 1. The molecule has 0 bridgehead atoms. The third kappa shape index (κ3) is 8.36. The minimum absolute atomic E-state index is 0.258. The summed E-state index contributed by atoms with van der Waals surface area (Å²) in [5.41, 5.74) is 4.73. The maximum atomic E-state index is 11.4. The van der Waals surface area contributed by atoms with E-state index in [1.807, 2.05) is 59.2 Å². The number of thioether (sulfide) groups is 2. The van der Waals surface area contributed by atoms with Crippen LogP contribution in [0.5, 0.6) is 0 Å². The van der Waals surface area contributed by atoms with Gasteiger partial charge in [0.15, 0.2) is 0 Å². The number of rotatable bonds is 16. The average molecular weight is 797 g/mol. The highest BCUT2D eigenvalue weighted by molar-refractivity contribution is 8.01. The molecule has 0 fully saturated rings. The minimum Gasteiger partial charge on any atom is -0.477 e. The van der Waals surface area contributed by atoms with Crippen LogP contribution in [0, 0.1) is 11.3 Å². The van der Waals surface area contributed by atoms with E-state index >= 15 is 0 Å². The molecule has 0 radical (unpaired) electrons. The Balaban J connectivity index is 1.22. The van der Waals surface area contributed by atoms with Crippen molar-refractivity contribution in [3.05, 3.63) is 83.2 Å². The van der Waals surface area contributed by atoms with E-state index in [-0.39, 0.29) is 5.57 Å². The number of nitriles is 1. The van der Waals surface area contributed by atoms with Crippen LogP contribution in [0.25, 0.3) is 26.3 Å². The molecule has 0 amide bonds. The van der Waals surface area contributed by atoms with E-state index in [4.69, 9.17) is 0 Å². The number of hydrogen-bond donors (Lipinski definition) is 1. The zero-order valence-electron chi connectivity index (χ0n) is 29.3. The second-order valence-electron chi connectivity index (χ2n) is 12.8. The summed E-state index contributed by atoms with van der Waals surface area (Å²) in [4.78, 5) is 25.8. The number of anilines is 3. The summed E-state index contributed by atoms with van der Waals surface area (Å²) in [6.45, 7) is 4.53. The number of nitrogens with zero attached hydrogens (tertiary/aromatic N) is 2. The SMILES string of the molecule is CCCCCCSc1ccc2c(c1)Sc1cc(-c3ccc(-c4ccc(/C=C(/C#N)C(=O)O)s4)s3)cc3c1N2c1ccc(SCCCCCC)cc1S3. The monoisotopic (exact) mass is 796 g/mol. The molecular formula is C42H40N2O2S6. The molecule has 3 aromatic carbocycles. The maximum Gasteiger partial charge on any atom is 0.346 e. The average Bonchev–Trinajstić information content (AvgIpc) is 3.83. The molecule has 0 saturated heterocycles. The predicted molar refractivity (Wildman–Crippen MR) is 227 cm³/mol. The first-order chi connectivity index (χ1) is 25.4. The Morgan fingerprint density at radius 3 is 1.83 bits per heavy atom. The number of unbranched alkanes of at least 4 members (excludes halogenated alkanes) is 6. The van der Waals surface area contributed by atoms with Crippen molar-refractivity contribution in [3.63, 3.8) is 0 Å². The van der Waals surface area contributed by atoms with E-state index in [1.165, 1.54) is 126 Å². The number of hydrogen-bond acceptors (Lipinski definition) is 9. The Kier molecular flexibility index (Phi) is 12.5. The third-order valence-electron chi connectivity index (χ3n) is 8.98. The molecule has 10 heteroatoms. The Hall–Kier alpha value is -3.04. The quantitative estimate of drug-likeness (QED) is 0.0449. The molecule has 0 unspecified atom stereocenters. The maximum absolute atomic E-state index is 11.4. The van der Waals surface area contributed by atoms with E-state index in [9.17, 15) is 15.2 Å². The van der Waals surface area contributed by atoms with Crippen LogP contribution >= 0.6 is 69.7 Å². The smallest absolute Gasteiger partial charge is 0.346 e. The van der Waals surface area contributed by atoms with Gasteiger partial charge in [0, 0.05) is 48.9 Å². The van der Waals surface area contributed by atoms with Gasteiger partial charge < -0.3 is 10.0 Å². The fourth-order valence-electron chi connectivity index (χ4n) is 6.32. The first kappa shape index (κ1) is 37.3. The van der Waals surface area contributed by atoms with Gasteiger partial charge in [0.25, 0.3) is 0 Å². The summed E-state index contributed by atoms with van der Waals surface area (Å²) >= 11 is 11.0. The lowest BCUT2D eigenvalue weighted by atomic mass is 10.1. The highest BCUT2D eigenvalue weighted by Crippen LogP contribution is 2.61. The lowest BCUT2D eigenvalue weighted by Gasteiger charge is -2.39. The molecule has 52 heavy (non-hydrogen) atoms. The van der Waals surface area contributed by atoms with Crippen LogP contribution in [0.1, 0.15) is 70.1 Å². The van der Waals surface area contributed by atoms with E-state index in [0.29, 0.717) is 0 Å². The highest BCUT2D eigenvalue weighted by atomic mass is 32.2. The molecule has 2 aromatic heterocycles. The summed E-state index contributed by atoms with van der Waals surface area (Å²) in [7, 11) is 0. The number of thiophene rings is 2. The van der Waals surface area contributed by atoms with Gasteiger partial charge in [-0.1, -0.05) is 75.9 Å².